The van der Waals surface area contributed by atoms with Crippen LogP contribution in [-0.4, -0.2) is 34.1 Å². The Kier molecular flexibility index (Phi) is 6.93. The number of hydrogen-bond donors (Lipinski definition) is 1. The maximum atomic E-state index is 12.5. The number of aromatic nitrogens is 2. The molecule has 29 heavy (non-hydrogen) atoms. The first-order valence-corrected chi connectivity index (χ1v) is 10.7. The van der Waals surface area contributed by atoms with Gasteiger partial charge >= 0.3 is 0 Å². The Morgan fingerprint density at radius 2 is 2.00 bits per heavy atom. The number of para-hydroxylation sites is 2. The molecule has 0 saturated heterocycles. The van der Waals surface area contributed by atoms with Crippen LogP contribution in [0.25, 0.3) is 11.0 Å². The quantitative estimate of drug-likeness (QED) is 0.524. The van der Waals surface area contributed by atoms with Gasteiger partial charge in [0.1, 0.15) is 5.75 Å². The van der Waals surface area contributed by atoms with E-state index in [1.807, 2.05) is 34.9 Å². The van der Waals surface area contributed by atoms with E-state index in [-0.39, 0.29) is 17.4 Å². The number of nitrogens with one attached hydrogen (secondary N) is 1. The van der Waals surface area contributed by atoms with Crippen molar-refractivity contribution in [3.8, 4) is 5.75 Å². The molecule has 0 saturated carbocycles. The van der Waals surface area contributed by atoms with Crippen molar-refractivity contribution in [3.05, 3.63) is 53.6 Å². The summed E-state index contributed by atoms with van der Waals surface area (Å²) in [5.41, 5.74) is 3.42. The topological polar surface area (TPSA) is 73.2 Å². The number of rotatable bonds is 9. The summed E-state index contributed by atoms with van der Waals surface area (Å²) in [7, 11) is 1.60. The van der Waals surface area contributed by atoms with Gasteiger partial charge in [-0.15, -0.1) is 11.8 Å². The summed E-state index contributed by atoms with van der Waals surface area (Å²) in [5.74, 6) is 2.05. The van der Waals surface area contributed by atoms with E-state index in [0.29, 0.717) is 23.0 Å². The van der Waals surface area contributed by atoms with Crippen molar-refractivity contribution in [2.45, 2.75) is 32.6 Å². The molecule has 0 aliphatic heterocycles. The summed E-state index contributed by atoms with van der Waals surface area (Å²) < 4.78 is 7.41. The number of carbonyl (C=O) groups is 2. The molecule has 6 nitrogen and oxygen atoms in total. The SMILES string of the molecule is CCCn1c(NC(=O)CSCc2cc(C(C)=O)ccc2OC)nc2ccccc21. The van der Waals surface area contributed by atoms with Crippen LogP contribution in [-0.2, 0) is 17.1 Å². The van der Waals surface area contributed by atoms with Crippen molar-refractivity contribution in [3.63, 3.8) is 0 Å². The van der Waals surface area contributed by atoms with Gasteiger partial charge in [0, 0.05) is 23.4 Å². The van der Waals surface area contributed by atoms with Crippen LogP contribution in [0.1, 0.15) is 36.2 Å². The van der Waals surface area contributed by atoms with Gasteiger partial charge in [-0.3, -0.25) is 14.9 Å². The van der Waals surface area contributed by atoms with Gasteiger partial charge in [0.25, 0.3) is 0 Å². The number of hydrogen-bond acceptors (Lipinski definition) is 5. The van der Waals surface area contributed by atoms with Crippen molar-refractivity contribution in [1.82, 2.24) is 9.55 Å². The van der Waals surface area contributed by atoms with E-state index >= 15 is 0 Å². The monoisotopic (exact) mass is 411 g/mol. The molecule has 3 rings (SSSR count). The second kappa shape index (κ2) is 9.60. The molecule has 1 amide bonds. The first-order chi connectivity index (χ1) is 14.0. The summed E-state index contributed by atoms with van der Waals surface area (Å²) in [6.07, 6.45) is 0.949. The van der Waals surface area contributed by atoms with Gasteiger partial charge in [-0.1, -0.05) is 19.1 Å². The van der Waals surface area contributed by atoms with Crippen LogP contribution >= 0.6 is 11.8 Å². The molecule has 152 valence electrons. The molecule has 7 heteroatoms. The smallest absolute Gasteiger partial charge is 0.236 e. The minimum Gasteiger partial charge on any atom is -0.496 e. The van der Waals surface area contributed by atoms with Crippen LogP contribution in [0.3, 0.4) is 0 Å². The van der Waals surface area contributed by atoms with E-state index in [2.05, 4.69) is 17.2 Å². The van der Waals surface area contributed by atoms with Crippen LogP contribution in [0.2, 0.25) is 0 Å². The molecular weight excluding hydrogens is 386 g/mol. The Morgan fingerprint density at radius 3 is 2.72 bits per heavy atom. The molecular formula is C22H25N3O3S. The summed E-state index contributed by atoms with van der Waals surface area (Å²) in [5, 5.41) is 2.94. The van der Waals surface area contributed by atoms with E-state index in [1.165, 1.54) is 18.7 Å². The first-order valence-electron chi connectivity index (χ1n) is 9.54. The molecule has 2 aromatic carbocycles. The van der Waals surface area contributed by atoms with Crippen molar-refractivity contribution in [2.75, 3.05) is 18.2 Å². The average Bonchev–Trinajstić information content (AvgIpc) is 3.05. The average molecular weight is 412 g/mol. The molecule has 0 fully saturated rings. The number of anilines is 1. The predicted molar refractivity (Wildman–Crippen MR) is 118 cm³/mol. The van der Waals surface area contributed by atoms with Gasteiger partial charge in [-0.25, -0.2) is 4.98 Å². The minimum absolute atomic E-state index is 0.00599. The van der Waals surface area contributed by atoms with Crippen LogP contribution in [0.15, 0.2) is 42.5 Å². The number of fused-ring (bicyclic) bond motifs is 1. The number of ketones is 1. The van der Waals surface area contributed by atoms with Crippen molar-refractivity contribution in [2.24, 2.45) is 0 Å². The van der Waals surface area contributed by atoms with Gasteiger partial charge in [-0.2, -0.15) is 0 Å². The fourth-order valence-corrected chi connectivity index (χ4v) is 3.95. The highest BCUT2D eigenvalue weighted by Crippen LogP contribution is 2.25. The Bertz CT molecular complexity index is 1030. The van der Waals surface area contributed by atoms with Crippen molar-refractivity contribution < 1.29 is 14.3 Å². The van der Waals surface area contributed by atoms with Gasteiger partial charge in [0.05, 0.1) is 23.9 Å². The first kappa shape index (κ1) is 20.9. The molecule has 0 bridgehead atoms. The van der Waals surface area contributed by atoms with Gasteiger partial charge < -0.3 is 9.30 Å². The lowest BCUT2D eigenvalue weighted by atomic mass is 10.1. The number of amides is 1. The lowest BCUT2D eigenvalue weighted by Crippen LogP contribution is -2.18. The van der Waals surface area contributed by atoms with Gasteiger partial charge in [0.15, 0.2) is 5.78 Å². The number of carbonyl (C=O) groups excluding carboxylic acids is 2. The number of imidazole rings is 1. The third-order valence-electron chi connectivity index (χ3n) is 4.53. The van der Waals surface area contributed by atoms with Crippen LogP contribution < -0.4 is 10.1 Å². The minimum atomic E-state index is -0.107. The van der Waals surface area contributed by atoms with E-state index in [0.717, 1.165) is 29.6 Å². The number of ether oxygens (including phenoxy) is 1. The summed E-state index contributed by atoms with van der Waals surface area (Å²) >= 11 is 1.47. The Morgan fingerprint density at radius 1 is 1.21 bits per heavy atom. The van der Waals surface area contributed by atoms with Crippen molar-refractivity contribution in [1.29, 1.82) is 0 Å². The fourth-order valence-electron chi connectivity index (χ4n) is 3.15. The lowest BCUT2D eigenvalue weighted by molar-refractivity contribution is -0.113. The normalized spacial score (nSPS) is 10.9. The lowest BCUT2D eigenvalue weighted by Gasteiger charge is -2.11. The number of methoxy groups -OCH3 is 1. The van der Waals surface area contributed by atoms with Gasteiger partial charge in [0.2, 0.25) is 11.9 Å². The number of nitrogens with zero attached hydrogens (tertiary/aromatic N) is 2. The van der Waals surface area contributed by atoms with Gasteiger partial charge in [-0.05, 0) is 43.7 Å². The number of benzene rings is 2. The number of Topliss-reactive ketones (excluding diaryl/α,β-unsaturated/α-hetero) is 1. The number of thioether (sulfide) groups is 1. The van der Waals surface area contributed by atoms with E-state index in [9.17, 15) is 9.59 Å². The van der Waals surface area contributed by atoms with E-state index in [4.69, 9.17) is 4.74 Å². The molecule has 0 atom stereocenters. The van der Waals surface area contributed by atoms with Crippen LogP contribution in [0, 0.1) is 0 Å². The molecule has 1 aromatic heterocycles. The zero-order chi connectivity index (χ0) is 20.8. The second-order valence-electron chi connectivity index (χ2n) is 6.70. The van der Waals surface area contributed by atoms with Crippen LogP contribution in [0.5, 0.6) is 5.75 Å². The van der Waals surface area contributed by atoms with Crippen LogP contribution in [0.4, 0.5) is 5.95 Å². The highest BCUT2D eigenvalue weighted by Gasteiger charge is 2.13. The zero-order valence-corrected chi connectivity index (χ0v) is 17.7. The maximum absolute atomic E-state index is 12.5. The third kappa shape index (κ3) is 4.98. The number of aryl methyl sites for hydroxylation is 1. The Labute approximate surface area is 174 Å². The summed E-state index contributed by atoms with van der Waals surface area (Å²) in [6, 6.07) is 13.2. The predicted octanol–water partition coefficient (Wildman–Crippen LogP) is 4.53. The highest BCUT2D eigenvalue weighted by atomic mass is 32.2. The largest absolute Gasteiger partial charge is 0.496 e. The van der Waals surface area contributed by atoms with E-state index in [1.54, 1.807) is 19.2 Å². The molecule has 1 N–H and O–H groups in total. The Balaban J connectivity index is 1.65. The third-order valence-corrected chi connectivity index (χ3v) is 5.51. The molecule has 0 unspecified atom stereocenters. The Hall–Kier alpha value is -2.80. The maximum Gasteiger partial charge on any atom is 0.236 e. The molecule has 0 spiro atoms. The summed E-state index contributed by atoms with van der Waals surface area (Å²) in [6.45, 7) is 4.42. The molecule has 1 heterocycles. The highest BCUT2D eigenvalue weighted by molar-refractivity contribution is 7.99. The molecule has 3 aromatic rings. The standard InChI is InChI=1S/C22H25N3O3S/c1-4-11-25-19-8-6-5-7-18(19)23-22(25)24-21(27)14-29-13-17-12-16(15(2)26)9-10-20(17)28-3/h5-10,12H,4,11,13-14H2,1-3H3,(H,23,24,27). The molecule has 0 aliphatic rings. The van der Waals surface area contributed by atoms with E-state index < -0.39 is 0 Å². The summed E-state index contributed by atoms with van der Waals surface area (Å²) in [4.78, 5) is 28.7. The zero-order valence-electron chi connectivity index (χ0n) is 16.9. The molecule has 0 radical (unpaired) electrons. The molecule has 0 aliphatic carbocycles. The fraction of sp³-hybridized carbons (Fsp3) is 0.318. The van der Waals surface area contributed by atoms with Crippen molar-refractivity contribution >= 4 is 40.4 Å². The second-order valence-corrected chi connectivity index (χ2v) is 7.69.